The van der Waals surface area contributed by atoms with E-state index in [1.54, 1.807) is 25.2 Å². The van der Waals surface area contributed by atoms with Crippen LogP contribution in [0.25, 0.3) is 20.2 Å². The number of primary amides is 2. The van der Waals surface area contributed by atoms with Gasteiger partial charge in [0.25, 0.3) is 0 Å². The normalized spacial score (nSPS) is 11.7. The van der Waals surface area contributed by atoms with Crippen molar-refractivity contribution in [2.75, 3.05) is 6.54 Å². The van der Waals surface area contributed by atoms with Crippen LogP contribution in [0.1, 0.15) is 42.6 Å². The average Bonchev–Trinajstić information content (AvgIpc) is 3.55. The van der Waals surface area contributed by atoms with Gasteiger partial charge in [-0.2, -0.15) is 10.1 Å². The number of hydrogen-bond donors (Lipinski definition) is 7. The number of hydroxylamine groups is 5. The Balaban J connectivity index is 0.000000241. The first-order chi connectivity index (χ1) is 18.5. The maximum absolute atomic E-state index is 11.5. The molecule has 4 rings (SSSR count). The highest BCUT2D eigenvalue weighted by molar-refractivity contribution is 7.19. The Morgan fingerprint density at radius 2 is 1.21 bits per heavy atom. The number of urea groups is 3. The van der Waals surface area contributed by atoms with E-state index in [0.29, 0.717) is 11.6 Å². The molecule has 0 radical (unpaired) electrons. The minimum atomic E-state index is -0.949. The standard InChI is InChI=1S/C13H16N2O2S.C11H12N2O3S.CH4N2O/c1-3-14-13(16)15(17)9(2)12-8-10-6-4-5-7-11(10)18-12;1-7(13(16)11(14)12-15)10-6-8-4-2-3-5-9(8)17-10;2-1(3)4/h4-9,17H,3H2,1-2H3,(H,14,16);2-7,15-16H,1H3,(H,12,14);(H4,2,3,4). The van der Waals surface area contributed by atoms with Gasteiger partial charge in [0.15, 0.2) is 0 Å². The van der Waals surface area contributed by atoms with Gasteiger partial charge in [0.05, 0.1) is 12.1 Å². The summed E-state index contributed by atoms with van der Waals surface area (Å²) in [6.07, 6.45) is 0. The monoisotopic (exact) mass is 576 g/mol. The summed E-state index contributed by atoms with van der Waals surface area (Å²) in [4.78, 5) is 33.4. The third-order valence-electron chi connectivity index (χ3n) is 5.29. The van der Waals surface area contributed by atoms with Gasteiger partial charge >= 0.3 is 18.1 Å². The fourth-order valence-corrected chi connectivity index (χ4v) is 5.50. The van der Waals surface area contributed by atoms with Gasteiger partial charge < -0.3 is 16.8 Å². The number of carbonyl (C=O) groups is 3. The Bertz CT molecular complexity index is 1320. The highest BCUT2D eigenvalue weighted by Gasteiger charge is 2.22. The summed E-state index contributed by atoms with van der Waals surface area (Å²) >= 11 is 3.09. The second-order valence-electron chi connectivity index (χ2n) is 8.07. The number of amides is 6. The zero-order chi connectivity index (χ0) is 29.1. The van der Waals surface area contributed by atoms with E-state index in [9.17, 15) is 20.0 Å². The number of benzene rings is 2. The van der Waals surface area contributed by atoms with Gasteiger partial charge in [-0.3, -0.25) is 15.6 Å². The van der Waals surface area contributed by atoms with Crippen molar-refractivity contribution in [2.45, 2.75) is 32.9 Å². The van der Waals surface area contributed by atoms with Crippen LogP contribution in [0, 0.1) is 0 Å². The predicted octanol–water partition coefficient (Wildman–Crippen LogP) is 5.16. The van der Waals surface area contributed by atoms with E-state index >= 15 is 0 Å². The van der Waals surface area contributed by atoms with Gasteiger partial charge in [-0.25, -0.2) is 19.9 Å². The minimum Gasteiger partial charge on any atom is -0.352 e. The van der Waals surface area contributed by atoms with Gasteiger partial charge in [-0.05, 0) is 55.8 Å². The molecule has 14 heteroatoms. The smallest absolute Gasteiger partial charge is 0.352 e. The molecule has 4 aromatic rings. The van der Waals surface area contributed by atoms with Crippen molar-refractivity contribution in [3.05, 3.63) is 70.4 Å². The maximum Gasteiger partial charge on any atom is 0.365 e. The molecule has 39 heavy (non-hydrogen) atoms. The van der Waals surface area contributed by atoms with Crippen LogP contribution in [0.5, 0.6) is 0 Å². The predicted molar refractivity (Wildman–Crippen MR) is 151 cm³/mol. The Kier molecular flexibility index (Phi) is 11.9. The van der Waals surface area contributed by atoms with E-state index < -0.39 is 24.1 Å². The van der Waals surface area contributed by atoms with Crippen molar-refractivity contribution in [1.82, 2.24) is 20.9 Å². The van der Waals surface area contributed by atoms with Gasteiger partial charge in [0.1, 0.15) is 0 Å². The molecule has 0 saturated carbocycles. The Hall–Kier alpha value is -3.95. The van der Waals surface area contributed by atoms with Crippen LogP contribution in [-0.4, -0.2) is 50.4 Å². The molecule has 0 spiro atoms. The van der Waals surface area contributed by atoms with E-state index in [1.807, 2.05) is 67.6 Å². The van der Waals surface area contributed by atoms with Crippen LogP contribution in [0.4, 0.5) is 14.4 Å². The summed E-state index contributed by atoms with van der Waals surface area (Å²) in [6, 6.07) is 16.6. The summed E-state index contributed by atoms with van der Waals surface area (Å²) in [6.45, 7) is 5.80. The molecule has 0 bridgehead atoms. The third kappa shape index (κ3) is 8.80. The zero-order valence-corrected chi connectivity index (χ0v) is 23.2. The molecule has 0 aliphatic heterocycles. The summed E-state index contributed by atoms with van der Waals surface area (Å²) in [5, 5.41) is 33.8. The van der Waals surface area contributed by atoms with E-state index in [0.717, 1.165) is 35.0 Å². The largest absolute Gasteiger partial charge is 0.365 e. The first kappa shape index (κ1) is 31.3. The number of rotatable bonds is 5. The van der Waals surface area contributed by atoms with Crippen molar-refractivity contribution in [1.29, 1.82) is 0 Å². The second kappa shape index (κ2) is 14.8. The molecular formula is C25H32N6O6S2. The van der Waals surface area contributed by atoms with Crippen molar-refractivity contribution in [2.24, 2.45) is 11.5 Å². The molecule has 2 aromatic carbocycles. The molecule has 6 amide bonds. The van der Waals surface area contributed by atoms with Crippen molar-refractivity contribution in [3.8, 4) is 0 Å². The van der Waals surface area contributed by atoms with Gasteiger partial charge in [-0.15, -0.1) is 22.7 Å². The lowest BCUT2D eigenvalue weighted by Gasteiger charge is -2.21. The van der Waals surface area contributed by atoms with Crippen LogP contribution in [0.15, 0.2) is 60.7 Å². The van der Waals surface area contributed by atoms with E-state index in [2.05, 4.69) is 16.8 Å². The first-order valence-electron chi connectivity index (χ1n) is 11.7. The van der Waals surface area contributed by atoms with Gasteiger partial charge in [0.2, 0.25) is 0 Å². The molecule has 210 valence electrons. The van der Waals surface area contributed by atoms with E-state index in [-0.39, 0.29) is 6.04 Å². The number of nitrogens with two attached hydrogens (primary N) is 2. The van der Waals surface area contributed by atoms with E-state index in [1.165, 1.54) is 16.8 Å². The quantitative estimate of drug-likeness (QED) is 0.127. The number of nitrogens with one attached hydrogen (secondary N) is 2. The average molecular weight is 577 g/mol. The summed E-state index contributed by atoms with van der Waals surface area (Å²) in [7, 11) is 0. The summed E-state index contributed by atoms with van der Waals surface area (Å²) in [5.41, 5.74) is 9.89. The zero-order valence-electron chi connectivity index (χ0n) is 21.6. The SMILES string of the molecule is CC(c1cc2ccccc2s1)N(O)C(=O)NO.CCNC(=O)N(O)C(C)c1cc2ccccc2s1.NC(N)=O. The fourth-order valence-electron chi connectivity index (χ4n) is 3.29. The molecule has 2 heterocycles. The number of nitrogens with zero attached hydrogens (tertiary/aromatic N) is 2. The van der Waals surface area contributed by atoms with Crippen LogP contribution < -0.4 is 22.3 Å². The molecule has 0 saturated heterocycles. The molecule has 2 unspecified atom stereocenters. The molecular weight excluding hydrogens is 544 g/mol. The molecule has 0 aliphatic carbocycles. The van der Waals surface area contributed by atoms with Crippen molar-refractivity contribution < 1.29 is 30.0 Å². The van der Waals surface area contributed by atoms with E-state index in [4.69, 9.17) is 10.0 Å². The van der Waals surface area contributed by atoms with Crippen LogP contribution in [0.3, 0.4) is 0 Å². The first-order valence-corrected chi connectivity index (χ1v) is 13.3. The molecule has 12 nitrogen and oxygen atoms in total. The molecule has 0 aliphatic rings. The van der Waals surface area contributed by atoms with Crippen LogP contribution >= 0.6 is 22.7 Å². The number of hydrogen-bond acceptors (Lipinski definition) is 8. The van der Waals surface area contributed by atoms with Crippen LogP contribution in [0.2, 0.25) is 0 Å². The summed E-state index contributed by atoms with van der Waals surface area (Å²) < 4.78 is 2.25. The number of fused-ring (bicyclic) bond motifs is 2. The molecule has 2 atom stereocenters. The van der Waals surface area contributed by atoms with Crippen LogP contribution in [-0.2, 0) is 0 Å². The fraction of sp³-hybridized carbons (Fsp3) is 0.240. The Labute approximate surface area is 232 Å². The second-order valence-corrected chi connectivity index (χ2v) is 10.3. The van der Waals surface area contributed by atoms with Crippen molar-refractivity contribution in [3.63, 3.8) is 0 Å². The topological polar surface area (TPSA) is 194 Å². The summed E-state index contributed by atoms with van der Waals surface area (Å²) in [5.74, 6) is 0. The lowest BCUT2D eigenvalue weighted by atomic mass is 10.2. The number of thiophene rings is 2. The lowest BCUT2D eigenvalue weighted by Crippen LogP contribution is -2.38. The lowest BCUT2D eigenvalue weighted by molar-refractivity contribution is -0.0835. The van der Waals surface area contributed by atoms with Gasteiger partial charge in [-0.1, -0.05) is 36.4 Å². The highest BCUT2D eigenvalue weighted by atomic mass is 32.1. The van der Waals surface area contributed by atoms with Gasteiger partial charge in [0, 0.05) is 25.7 Å². The Morgan fingerprint density at radius 1 is 0.821 bits per heavy atom. The maximum atomic E-state index is 11.5. The van der Waals surface area contributed by atoms with Crippen molar-refractivity contribution >= 4 is 60.9 Å². The third-order valence-corrected chi connectivity index (χ3v) is 7.86. The molecule has 2 aromatic heterocycles. The Morgan fingerprint density at radius 3 is 1.56 bits per heavy atom. The highest BCUT2D eigenvalue weighted by Crippen LogP contribution is 2.33. The number of carbonyl (C=O) groups excluding carboxylic acids is 3. The minimum absolute atomic E-state index is 0.353. The molecule has 0 fully saturated rings. The molecule has 9 N–H and O–H groups in total.